The standard InChI is InChI=1S/C22H19Cl2N3O3/c1-2-30-20-8-4-3-6-16(20)13-25-26-21(28)17-7-5-11-27(22(17)29)14-15-9-10-18(23)19(24)12-15/h3-13H,2,14H2,1H3,(H,26,28)/b25-13-. The number of amides is 1. The van der Waals surface area contributed by atoms with Crippen LogP contribution in [0.15, 0.2) is 70.7 Å². The quantitative estimate of drug-likeness (QED) is 0.435. The molecule has 2 aromatic carbocycles. The van der Waals surface area contributed by atoms with E-state index in [9.17, 15) is 9.59 Å². The number of rotatable bonds is 7. The lowest BCUT2D eigenvalue weighted by Crippen LogP contribution is -2.30. The number of para-hydroxylation sites is 1. The summed E-state index contributed by atoms with van der Waals surface area (Å²) < 4.78 is 6.93. The van der Waals surface area contributed by atoms with E-state index in [-0.39, 0.29) is 12.1 Å². The maximum atomic E-state index is 12.7. The minimum absolute atomic E-state index is 0.0206. The number of carbonyl (C=O) groups is 1. The summed E-state index contributed by atoms with van der Waals surface area (Å²) >= 11 is 12.0. The Labute approximate surface area is 183 Å². The molecule has 0 aliphatic heterocycles. The van der Waals surface area contributed by atoms with Gasteiger partial charge in [-0.1, -0.05) is 41.4 Å². The first-order chi connectivity index (χ1) is 14.5. The third-order valence-electron chi connectivity index (χ3n) is 4.19. The number of aromatic nitrogens is 1. The van der Waals surface area contributed by atoms with Crippen LogP contribution in [-0.2, 0) is 6.54 Å². The number of nitrogens with one attached hydrogen (secondary N) is 1. The molecule has 0 fully saturated rings. The number of benzene rings is 2. The van der Waals surface area contributed by atoms with Crippen molar-refractivity contribution in [1.82, 2.24) is 9.99 Å². The molecule has 1 amide bonds. The second-order valence-corrected chi connectivity index (χ2v) is 7.09. The van der Waals surface area contributed by atoms with Gasteiger partial charge in [0.25, 0.3) is 11.5 Å². The Bertz CT molecular complexity index is 1140. The highest BCUT2D eigenvalue weighted by Gasteiger charge is 2.12. The molecule has 0 saturated heterocycles. The molecular formula is C22H19Cl2N3O3. The van der Waals surface area contributed by atoms with Crippen LogP contribution in [0.2, 0.25) is 10.0 Å². The number of hydrazone groups is 1. The lowest BCUT2D eigenvalue weighted by molar-refractivity contribution is 0.0953. The molecule has 3 rings (SSSR count). The van der Waals surface area contributed by atoms with Crippen molar-refractivity contribution in [2.24, 2.45) is 5.10 Å². The molecule has 0 atom stereocenters. The van der Waals surface area contributed by atoms with E-state index in [1.807, 2.05) is 31.2 Å². The van der Waals surface area contributed by atoms with Gasteiger partial charge in [0.1, 0.15) is 11.3 Å². The molecule has 0 unspecified atom stereocenters. The molecule has 30 heavy (non-hydrogen) atoms. The molecule has 0 saturated carbocycles. The number of ether oxygens (including phenoxy) is 1. The molecule has 0 aliphatic rings. The average molecular weight is 444 g/mol. The van der Waals surface area contributed by atoms with Crippen molar-refractivity contribution in [1.29, 1.82) is 0 Å². The topological polar surface area (TPSA) is 72.7 Å². The predicted molar refractivity (Wildman–Crippen MR) is 119 cm³/mol. The molecule has 6 nitrogen and oxygen atoms in total. The van der Waals surface area contributed by atoms with E-state index < -0.39 is 11.5 Å². The maximum absolute atomic E-state index is 12.7. The summed E-state index contributed by atoms with van der Waals surface area (Å²) in [5.41, 5.74) is 3.43. The number of carbonyl (C=O) groups excluding carboxylic acids is 1. The van der Waals surface area contributed by atoms with Crippen LogP contribution < -0.4 is 15.7 Å². The molecule has 0 spiro atoms. The largest absolute Gasteiger partial charge is 0.493 e. The van der Waals surface area contributed by atoms with Crippen LogP contribution in [0.4, 0.5) is 0 Å². The zero-order valence-corrected chi connectivity index (χ0v) is 17.7. The third-order valence-corrected chi connectivity index (χ3v) is 4.93. The summed E-state index contributed by atoms with van der Waals surface area (Å²) in [7, 11) is 0. The summed E-state index contributed by atoms with van der Waals surface area (Å²) in [6, 6.07) is 15.5. The third kappa shape index (κ3) is 5.28. The Morgan fingerprint density at radius 1 is 1.13 bits per heavy atom. The van der Waals surface area contributed by atoms with Crippen molar-refractivity contribution < 1.29 is 9.53 Å². The van der Waals surface area contributed by atoms with Crippen LogP contribution in [0.25, 0.3) is 0 Å². The van der Waals surface area contributed by atoms with Crippen LogP contribution in [0.5, 0.6) is 5.75 Å². The Morgan fingerprint density at radius 3 is 2.70 bits per heavy atom. The van der Waals surface area contributed by atoms with E-state index >= 15 is 0 Å². The van der Waals surface area contributed by atoms with Gasteiger partial charge in [-0.05, 0) is 48.9 Å². The van der Waals surface area contributed by atoms with Crippen LogP contribution in [0, 0.1) is 0 Å². The first-order valence-electron chi connectivity index (χ1n) is 9.18. The number of hydrogen-bond donors (Lipinski definition) is 1. The molecule has 0 aliphatic carbocycles. The number of pyridine rings is 1. The summed E-state index contributed by atoms with van der Waals surface area (Å²) in [5.74, 6) is 0.0512. The molecule has 8 heteroatoms. The second-order valence-electron chi connectivity index (χ2n) is 6.27. The van der Waals surface area contributed by atoms with Gasteiger partial charge >= 0.3 is 0 Å². The molecule has 1 heterocycles. The Morgan fingerprint density at radius 2 is 1.93 bits per heavy atom. The molecule has 0 bridgehead atoms. The fraction of sp³-hybridized carbons (Fsp3) is 0.136. The summed E-state index contributed by atoms with van der Waals surface area (Å²) in [6.07, 6.45) is 3.07. The molecule has 0 radical (unpaired) electrons. The minimum atomic E-state index is -0.603. The van der Waals surface area contributed by atoms with Crippen LogP contribution in [-0.4, -0.2) is 23.3 Å². The van der Waals surface area contributed by atoms with E-state index in [4.69, 9.17) is 27.9 Å². The SMILES string of the molecule is CCOc1ccccc1/C=N\NC(=O)c1cccn(Cc2ccc(Cl)c(Cl)c2)c1=O. The number of halogens is 2. The molecule has 1 N–H and O–H groups in total. The van der Waals surface area contributed by atoms with Gasteiger partial charge in [-0.25, -0.2) is 5.43 Å². The monoisotopic (exact) mass is 443 g/mol. The van der Waals surface area contributed by atoms with Crippen molar-refractivity contribution in [2.45, 2.75) is 13.5 Å². The molecular weight excluding hydrogens is 425 g/mol. The van der Waals surface area contributed by atoms with E-state index in [1.54, 1.807) is 30.5 Å². The lowest BCUT2D eigenvalue weighted by Gasteiger charge is -2.09. The van der Waals surface area contributed by atoms with Gasteiger partial charge in [0.05, 0.1) is 29.4 Å². The fourth-order valence-electron chi connectivity index (χ4n) is 2.76. The number of nitrogens with zero attached hydrogens (tertiary/aromatic N) is 2. The van der Waals surface area contributed by atoms with Gasteiger partial charge in [0.2, 0.25) is 0 Å². The zero-order chi connectivity index (χ0) is 21.5. The molecule has 154 valence electrons. The van der Waals surface area contributed by atoms with E-state index in [2.05, 4.69) is 10.5 Å². The van der Waals surface area contributed by atoms with E-state index in [0.717, 1.165) is 5.56 Å². The van der Waals surface area contributed by atoms with Crippen molar-refractivity contribution in [3.8, 4) is 5.75 Å². The predicted octanol–water partition coefficient (Wildman–Crippen LogP) is 4.37. The van der Waals surface area contributed by atoms with Gasteiger partial charge < -0.3 is 9.30 Å². The van der Waals surface area contributed by atoms with Crippen LogP contribution in [0.3, 0.4) is 0 Å². The summed E-state index contributed by atoms with van der Waals surface area (Å²) in [6.45, 7) is 2.65. The van der Waals surface area contributed by atoms with Gasteiger partial charge in [-0.15, -0.1) is 0 Å². The zero-order valence-electron chi connectivity index (χ0n) is 16.1. The Kier molecular flexibility index (Phi) is 7.27. The van der Waals surface area contributed by atoms with Crippen molar-refractivity contribution >= 4 is 35.3 Å². The maximum Gasteiger partial charge on any atom is 0.276 e. The molecule has 1 aromatic heterocycles. The summed E-state index contributed by atoms with van der Waals surface area (Å²) in [5, 5.41) is 4.79. The van der Waals surface area contributed by atoms with Crippen molar-refractivity contribution in [2.75, 3.05) is 6.61 Å². The van der Waals surface area contributed by atoms with Crippen molar-refractivity contribution in [3.05, 3.63) is 97.9 Å². The van der Waals surface area contributed by atoms with Crippen LogP contribution in [0.1, 0.15) is 28.4 Å². The first-order valence-corrected chi connectivity index (χ1v) is 9.93. The Hall–Kier alpha value is -3.09. The highest BCUT2D eigenvalue weighted by Crippen LogP contribution is 2.22. The number of hydrogen-bond acceptors (Lipinski definition) is 4. The van der Waals surface area contributed by atoms with Crippen LogP contribution >= 0.6 is 23.2 Å². The van der Waals surface area contributed by atoms with Crippen molar-refractivity contribution in [3.63, 3.8) is 0 Å². The lowest BCUT2D eigenvalue weighted by atomic mass is 10.2. The normalized spacial score (nSPS) is 10.9. The summed E-state index contributed by atoms with van der Waals surface area (Å²) in [4.78, 5) is 25.2. The van der Waals surface area contributed by atoms with E-state index in [1.165, 1.54) is 16.8 Å². The van der Waals surface area contributed by atoms with Gasteiger partial charge in [0.15, 0.2) is 0 Å². The molecule has 3 aromatic rings. The highest BCUT2D eigenvalue weighted by atomic mass is 35.5. The highest BCUT2D eigenvalue weighted by molar-refractivity contribution is 6.42. The first kappa shape index (κ1) is 21.6. The smallest absolute Gasteiger partial charge is 0.276 e. The Balaban J connectivity index is 1.75. The van der Waals surface area contributed by atoms with Gasteiger partial charge in [0, 0.05) is 11.8 Å². The van der Waals surface area contributed by atoms with Gasteiger partial charge in [-0.2, -0.15) is 5.10 Å². The average Bonchev–Trinajstić information content (AvgIpc) is 2.73. The second kappa shape index (κ2) is 10.1. The fourth-order valence-corrected chi connectivity index (χ4v) is 3.08. The van der Waals surface area contributed by atoms with Gasteiger partial charge in [-0.3, -0.25) is 9.59 Å². The van der Waals surface area contributed by atoms with E-state index in [0.29, 0.717) is 28.0 Å². The minimum Gasteiger partial charge on any atom is -0.493 e.